The molecule has 0 radical (unpaired) electrons. The van der Waals surface area contributed by atoms with Gasteiger partial charge in [0.2, 0.25) is 0 Å². The van der Waals surface area contributed by atoms with Crippen LogP contribution in [0.5, 0.6) is 5.75 Å². The van der Waals surface area contributed by atoms with Gasteiger partial charge in [-0.3, -0.25) is 9.59 Å². The molecular formula is C37H28N2O4. The van der Waals surface area contributed by atoms with Crippen molar-refractivity contribution >= 4 is 34.5 Å². The van der Waals surface area contributed by atoms with Crippen LogP contribution in [0, 0.1) is 0 Å². The van der Waals surface area contributed by atoms with Crippen molar-refractivity contribution in [2.24, 2.45) is 0 Å². The Morgan fingerprint density at radius 2 is 1.30 bits per heavy atom. The summed E-state index contributed by atoms with van der Waals surface area (Å²) in [6.07, 6.45) is 1.63. The van der Waals surface area contributed by atoms with Crippen molar-refractivity contribution in [3.8, 4) is 28.2 Å². The predicted molar refractivity (Wildman–Crippen MR) is 171 cm³/mol. The summed E-state index contributed by atoms with van der Waals surface area (Å²) in [6, 6.07) is 41.5. The van der Waals surface area contributed by atoms with Gasteiger partial charge in [0.1, 0.15) is 22.8 Å². The molecule has 2 N–H and O–H groups in total. The van der Waals surface area contributed by atoms with Crippen molar-refractivity contribution in [3.63, 3.8) is 0 Å². The number of rotatable bonds is 8. The van der Waals surface area contributed by atoms with Crippen LogP contribution in [0.1, 0.15) is 15.9 Å². The van der Waals surface area contributed by atoms with E-state index in [1.807, 2.05) is 97.1 Å². The summed E-state index contributed by atoms with van der Waals surface area (Å²) < 4.78 is 12.2. The fraction of sp³-hybridized carbons (Fsp3) is 0.0270. The topological polar surface area (TPSA) is 80.6 Å². The number of amides is 2. The van der Waals surface area contributed by atoms with Gasteiger partial charge in [-0.05, 0) is 42.0 Å². The maximum absolute atomic E-state index is 13.6. The zero-order valence-corrected chi connectivity index (χ0v) is 23.4. The normalized spacial score (nSPS) is 11.2. The molecule has 1 heterocycles. The van der Waals surface area contributed by atoms with E-state index in [-0.39, 0.29) is 5.70 Å². The van der Waals surface area contributed by atoms with Gasteiger partial charge >= 0.3 is 0 Å². The number of furan rings is 1. The molecule has 0 spiro atoms. The third-order valence-corrected chi connectivity index (χ3v) is 7.00. The second-order valence-corrected chi connectivity index (χ2v) is 9.83. The number of benzene rings is 5. The lowest BCUT2D eigenvalue weighted by Crippen LogP contribution is -2.30. The van der Waals surface area contributed by atoms with Crippen molar-refractivity contribution in [3.05, 3.63) is 150 Å². The summed E-state index contributed by atoms with van der Waals surface area (Å²) in [4.78, 5) is 26.8. The third kappa shape index (κ3) is 5.94. The minimum Gasteiger partial charge on any atom is -0.496 e. The molecule has 0 aliphatic carbocycles. The maximum Gasteiger partial charge on any atom is 0.272 e. The van der Waals surface area contributed by atoms with E-state index in [2.05, 4.69) is 10.6 Å². The van der Waals surface area contributed by atoms with Crippen LogP contribution in [-0.4, -0.2) is 18.9 Å². The Morgan fingerprint density at radius 1 is 0.721 bits per heavy atom. The highest BCUT2D eigenvalue weighted by Crippen LogP contribution is 2.43. The summed E-state index contributed by atoms with van der Waals surface area (Å²) in [5.41, 5.74) is 5.16. The Kier molecular flexibility index (Phi) is 7.82. The largest absolute Gasteiger partial charge is 0.496 e. The van der Waals surface area contributed by atoms with Gasteiger partial charge in [-0.2, -0.15) is 0 Å². The zero-order valence-electron chi connectivity index (χ0n) is 23.4. The quantitative estimate of drug-likeness (QED) is 0.183. The number of anilines is 1. The van der Waals surface area contributed by atoms with Crippen LogP contribution in [-0.2, 0) is 4.79 Å². The Labute approximate surface area is 249 Å². The number of carbonyl (C=O) groups is 2. The Morgan fingerprint density at radius 3 is 1.93 bits per heavy atom. The van der Waals surface area contributed by atoms with Crippen LogP contribution < -0.4 is 15.4 Å². The van der Waals surface area contributed by atoms with Crippen molar-refractivity contribution < 1.29 is 18.7 Å². The van der Waals surface area contributed by atoms with E-state index in [4.69, 9.17) is 9.15 Å². The van der Waals surface area contributed by atoms with Crippen LogP contribution in [0.2, 0.25) is 0 Å². The Bertz CT molecular complexity index is 1910. The molecule has 210 valence electrons. The fourth-order valence-corrected chi connectivity index (χ4v) is 4.93. The SMILES string of the molecule is COc1cc2oc(-c3ccccc3)c(-c3ccccc3)c2cc1/C=C(\NC(=O)c1ccccc1)C(=O)Nc1ccccc1. The second kappa shape index (κ2) is 12.3. The summed E-state index contributed by atoms with van der Waals surface area (Å²) in [6.45, 7) is 0. The lowest BCUT2D eigenvalue weighted by molar-refractivity contribution is -0.113. The molecule has 6 nitrogen and oxygen atoms in total. The van der Waals surface area contributed by atoms with Crippen LogP contribution >= 0.6 is 0 Å². The van der Waals surface area contributed by atoms with Gasteiger partial charge in [-0.1, -0.05) is 97.1 Å². The summed E-state index contributed by atoms with van der Waals surface area (Å²) in [5, 5.41) is 6.53. The van der Waals surface area contributed by atoms with E-state index in [1.54, 1.807) is 49.6 Å². The number of fused-ring (bicyclic) bond motifs is 1. The van der Waals surface area contributed by atoms with Gasteiger partial charge in [0.15, 0.2) is 0 Å². The number of hydrogen-bond donors (Lipinski definition) is 2. The van der Waals surface area contributed by atoms with Crippen molar-refractivity contribution in [2.45, 2.75) is 0 Å². The number of hydrogen-bond acceptors (Lipinski definition) is 4. The first-order valence-corrected chi connectivity index (χ1v) is 13.8. The van der Waals surface area contributed by atoms with Crippen LogP contribution in [0.25, 0.3) is 39.5 Å². The first-order valence-electron chi connectivity index (χ1n) is 13.8. The molecule has 0 aliphatic heterocycles. The van der Waals surface area contributed by atoms with Gasteiger partial charge in [0.25, 0.3) is 11.8 Å². The minimum absolute atomic E-state index is 0.0587. The number of nitrogens with one attached hydrogen (secondary N) is 2. The molecule has 0 unspecified atom stereocenters. The number of ether oxygens (including phenoxy) is 1. The predicted octanol–water partition coefficient (Wildman–Crippen LogP) is 8.19. The highest BCUT2D eigenvalue weighted by molar-refractivity contribution is 6.11. The summed E-state index contributed by atoms with van der Waals surface area (Å²) in [7, 11) is 1.56. The molecule has 0 aliphatic rings. The molecule has 6 rings (SSSR count). The smallest absolute Gasteiger partial charge is 0.272 e. The van der Waals surface area contributed by atoms with Crippen LogP contribution in [0.4, 0.5) is 5.69 Å². The second-order valence-electron chi connectivity index (χ2n) is 9.83. The van der Waals surface area contributed by atoms with E-state index < -0.39 is 11.8 Å². The Hall–Kier alpha value is -5.88. The van der Waals surface area contributed by atoms with Crippen molar-refractivity contribution in [1.82, 2.24) is 5.32 Å². The molecule has 0 atom stereocenters. The molecule has 5 aromatic carbocycles. The highest BCUT2D eigenvalue weighted by atomic mass is 16.5. The number of para-hydroxylation sites is 1. The molecule has 0 bridgehead atoms. The lowest BCUT2D eigenvalue weighted by Gasteiger charge is -2.13. The Balaban J connectivity index is 1.51. The third-order valence-electron chi connectivity index (χ3n) is 7.00. The summed E-state index contributed by atoms with van der Waals surface area (Å²) >= 11 is 0. The van der Waals surface area contributed by atoms with Crippen molar-refractivity contribution in [2.75, 3.05) is 12.4 Å². The summed E-state index contributed by atoms with van der Waals surface area (Å²) in [5.74, 6) is 0.330. The zero-order chi connectivity index (χ0) is 29.6. The minimum atomic E-state index is -0.474. The van der Waals surface area contributed by atoms with Gasteiger partial charge in [0, 0.05) is 39.4 Å². The molecule has 2 amide bonds. The molecule has 6 aromatic rings. The molecule has 0 saturated heterocycles. The van der Waals surface area contributed by atoms with Gasteiger partial charge < -0.3 is 19.8 Å². The average molecular weight is 565 g/mol. The van der Waals surface area contributed by atoms with E-state index in [1.165, 1.54) is 0 Å². The first-order chi connectivity index (χ1) is 21.1. The van der Waals surface area contributed by atoms with Crippen LogP contribution in [0.15, 0.2) is 144 Å². The monoisotopic (exact) mass is 564 g/mol. The molecule has 43 heavy (non-hydrogen) atoms. The van der Waals surface area contributed by atoms with E-state index in [0.29, 0.717) is 28.1 Å². The first kappa shape index (κ1) is 27.3. The standard InChI is InChI=1S/C37H28N2O4/c1-42-32-24-33-30(34(25-14-6-2-7-15-25)35(43-33)26-16-8-3-9-17-26)22-28(32)23-31(37(41)38-29-20-12-5-13-21-29)39-36(40)27-18-10-4-11-19-27/h2-24H,1H3,(H,38,41)(H,39,40)/b31-23-. The fourth-order valence-electron chi connectivity index (χ4n) is 4.93. The molecule has 0 saturated carbocycles. The average Bonchev–Trinajstić information content (AvgIpc) is 3.44. The molecular weight excluding hydrogens is 536 g/mol. The number of carbonyl (C=O) groups excluding carboxylic acids is 2. The molecule has 1 aromatic heterocycles. The van der Waals surface area contributed by atoms with Crippen molar-refractivity contribution in [1.29, 1.82) is 0 Å². The van der Waals surface area contributed by atoms with Gasteiger partial charge in [0.05, 0.1) is 7.11 Å². The highest BCUT2D eigenvalue weighted by Gasteiger charge is 2.21. The van der Waals surface area contributed by atoms with Crippen LogP contribution in [0.3, 0.4) is 0 Å². The molecule has 6 heteroatoms. The maximum atomic E-state index is 13.6. The van der Waals surface area contributed by atoms with E-state index in [0.717, 1.165) is 27.8 Å². The van der Waals surface area contributed by atoms with E-state index >= 15 is 0 Å². The lowest BCUT2D eigenvalue weighted by atomic mass is 9.97. The number of methoxy groups -OCH3 is 1. The van der Waals surface area contributed by atoms with Gasteiger partial charge in [-0.25, -0.2) is 0 Å². The van der Waals surface area contributed by atoms with E-state index in [9.17, 15) is 9.59 Å². The molecule has 0 fully saturated rings. The van der Waals surface area contributed by atoms with Gasteiger partial charge in [-0.15, -0.1) is 0 Å².